The fourth-order valence-corrected chi connectivity index (χ4v) is 4.98. The van der Waals surface area contributed by atoms with Crippen molar-refractivity contribution >= 4 is 9.84 Å². The number of aliphatic hydroxyl groups excluding tert-OH is 1. The Hall–Kier alpha value is -2.76. The van der Waals surface area contributed by atoms with E-state index in [2.05, 4.69) is 10.1 Å². The predicted octanol–water partition coefficient (Wildman–Crippen LogP) is 3.68. The molecule has 1 N–H and O–H groups in total. The minimum atomic E-state index is -4.41. The van der Waals surface area contributed by atoms with Gasteiger partial charge in [-0.3, -0.25) is 4.90 Å². The molecule has 2 heterocycles. The fraction of sp³-hybridized carbons (Fsp3) is 0.364. The summed E-state index contributed by atoms with van der Waals surface area (Å²) in [6.45, 7) is 2.39. The van der Waals surface area contributed by atoms with Gasteiger partial charge in [0.15, 0.2) is 15.7 Å². The molecule has 1 saturated heterocycles. The van der Waals surface area contributed by atoms with Crippen LogP contribution >= 0.6 is 0 Å². The maximum Gasteiger partial charge on any atom is 0.416 e. The third kappa shape index (κ3) is 5.43. The van der Waals surface area contributed by atoms with E-state index in [9.17, 15) is 26.7 Å². The summed E-state index contributed by atoms with van der Waals surface area (Å²) in [6, 6.07) is 10.8. The van der Waals surface area contributed by atoms with Crippen LogP contribution in [0.2, 0.25) is 0 Å². The van der Waals surface area contributed by atoms with Crippen molar-refractivity contribution in [2.24, 2.45) is 0 Å². The Balaban J connectivity index is 1.48. The van der Waals surface area contributed by atoms with Gasteiger partial charge in [-0.05, 0) is 43.2 Å². The van der Waals surface area contributed by atoms with Crippen molar-refractivity contribution in [2.75, 3.05) is 6.54 Å². The molecule has 0 spiro atoms. The summed E-state index contributed by atoms with van der Waals surface area (Å²) < 4.78 is 69.0. The maximum absolute atomic E-state index is 12.8. The summed E-state index contributed by atoms with van der Waals surface area (Å²) >= 11 is 0. The monoisotopic (exact) mass is 481 g/mol. The number of aliphatic hydroxyl groups is 1. The molecule has 0 bridgehead atoms. The smallest absolute Gasteiger partial charge is 0.392 e. The fourth-order valence-electron chi connectivity index (χ4n) is 3.80. The Labute approximate surface area is 188 Å². The number of hydrogen-bond acceptors (Lipinski definition) is 7. The van der Waals surface area contributed by atoms with Crippen LogP contribution in [-0.2, 0) is 28.3 Å². The summed E-state index contributed by atoms with van der Waals surface area (Å²) in [5.74, 6) is -0.276. The van der Waals surface area contributed by atoms with E-state index in [4.69, 9.17) is 4.52 Å². The molecule has 11 heteroatoms. The highest BCUT2D eigenvalue weighted by Crippen LogP contribution is 2.34. The summed E-state index contributed by atoms with van der Waals surface area (Å²) in [6.07, 6.45) is -4.81. The number of rotatable bonds is 6. The molecule has 3 aromatic rings. The predicted molar refractivity (Wildman–Crippen MR) is 112 cm³/mol. The third-order valence-corrected chi connectivity index (χ3v) is 7.15. The van der Waals surface area contributed by atoms with Gasteiger partial charge >= 0.3 is 6.18 Å². The molecule has 0 amide bonds. The highest BCUT2D eigenvalue weighted by atomic mass is 32.2. The minimum Gasteiger partial charge on any atom is -0.392 e. The first-order valence-corrected chi connectivity index (χ1v) is 11.9. The summed E-state index contributed by atoms with van der Waals surface area (Å²) in [7, 11) is -3.67. The van der Waals surface area contributed by atoms with Gasteiger partial charge < -0.3 is 9.63 Å². The number of hydrogen-bond donors (Lipinski definition) is 1. The van der Waals surface area contributed by atoms with Crippen molar-refractivity contribution in [2.45, 2.75) is 48.9 Å². The van der Waals surface area contributed by atoms with Crippen molar-refractivity contribution in [3.63, 3.8) is 0 Å². The number of alkyl halides is 3. The lowest BCUT2D eigenvalue weighted by molar-refractivity contribution is -0.137. The van der Waals surface area contributed by atoms with Gasteiger partial charge in [-0.25, -0.2) is 8.42 Å². The molecule has 1 fully saturated rings. The average molecular weight is 481 g/mol. The van der Waals surface area contributed by atoms with Crippen LogP contribution in [0.5, 0.6) is 0 Å². The summed E-state index contributed by atoms with van der Waals surface area (Å²) in [4.78, 5) is 6.21. The minimum absolute atomic E-state index is 0.00134. The van der Waals surface area contributed by atoms with Gasteiger partial charge in [0.05, 0.1) is 22.6 Å². The Bertz CT molecular complexity index is 1210. The van der Waals surface area contributed by atoms with Crippen LogP contribution in [0, 0.1) is 6.92 Å². The van der Waals surface area contributed by atoms with Gasteiger partial charge in [0.1, 0.15) is 5.75 Å². The van der Waals surface area contributed by atoms with Crippen LogP contribution in [0.3, 0.4) is 0 Å². The van der Waals surface area contributed by atoms with Crippen LogP contribution in [-0.4, -0.2) is 41.2 Å². The number of aryl methyl sites for hydroxylation is 1. The van der Waals surface area contributed by atoms with Crippen LogP contribution in [0.15, 0.2) is 57.9 Å². The van der Waals surface area contributed by atoms with Gasteiger partial charge in [-0.1, -0.05) is 35.0 Å². The molecular weight excluding hydrogens is 459 g/mol. The molecule has 7 nitrogen and oxygen atoms in total. The lowest BCUT2D eigenvalue weighted by Crippen LogP contribution is -2.24. The molecule has 2 aromatic carbocycles. The maximum atomic E-state index is 12.8. The van der Waals surface area contributed by atoms with Gasteiger partial charge in [-0.15, -0.1) is 0 Å². The number of β-amino-alcohol motifs (C(OH)–C–C–N with tert-alkyl or cyclic N) is 1. The first-order valence-electron chi connectivity index (χ1n) is 10.2. The molecule has 0 saturated carbocycles. The molecule has 176 valence electrons. The number of halogens is 3. The van der Waals surface area contributed by atoms with Gasteiger partial charge in [0.25, 0.3) is 0 Å². The van der Waals surface area contributed by atoms with Crippen LogP contribution in [0.25, 0.3) is 0 Å². The standard InChI is InChI=1S/C22H22F3N3O4S/c1-14-2-8-18(9-3-14)33(30,31)13-20-26-21(32-27-20)19-10-17(29)12-28(19)11-15-4-6-16(7-5-15)22(23,24)25/h2-9,17,19,29H,10-13H2,1H3/t17-,19+/m1/s1. The molecule has 1 aromatic heterocycles. The molecule has 1 aliphatic rings. The van der Waals surface area contributed by atoms with Gasteiger partial charge in [-0.2, -0.15) is 18.2 Å². The summed E-state index contributed by atoms with van der Waals surface area (Å²) in [5, 5.41) is 13.9. The SMILES string of the molecule is Cc1ccc(S(=O)(=O)Cc2noc([C@@H]3C[C@@H](O)CN3Cc3ccc(C(F)(F)F)cc3)n2)cc1. The Morgan fingerprint density at radius 2 is 1.79 bits per heavy atom. The lowest BCUT2D eigenvalue weighted by Gasteiger charge is -2.21. The van der Waals surface area contributed by atoms with E-state index >= 15 is 0 Å². The van der Waals surface area contributed by atoms with Crippen molar-refractivity contribution in [1.82, 2.24) is 15.0 Å². The van der Waals surface area contributed by atoms with E-state index in [0.717, 1.165) is 17.7 Å². The van der Waals surface area contributed by atoms with Gasteiger partial charge in [0, 0.05) is 13.1 Å². The average Bonchev–Trinajstić information content (AvgIpc) is 3.33. The van der Waals surface area contributed by atoms with E-state index in [1.807, 2.05) is 11.8 Å². The van der Waals surface area contributed by atoms with E-state index in [-0.39, 0.29) is 36.1 Å². The van der Waals surface area contributed by atoms with Crippen molar-refractivity contribution in [3.05, 3.63) is 76.9 Å². The van der Waals surface area contributed by atoms with Crippen molar-refractivity contribution in [1.29, 1.82) is 0 Å². The quantitative estimate of drug-likeness (QED) is 0.574. The molecule has 2 atom stereocenters. The molecule has 33 heavy (non-hydrogen) atoms. The second-order valence-corrected chi connectivity index (χ2v) is 10.1. The topological polar surface area (TPSA) is 96.5 Å². The normalized spacial score (nSPS) is 19.8. The number of likely N-dealkylation sites (tertiary alicyclic amines) is 1. The van der Waals surface area contributed by atoms with Crippen molar-refractivity contribution < 1.29 is 31.2 Å². The van der Waals surface area contributed by atoms with E-state index < -0.39 is 39.5 Å². The van der Waals surface area contributed by atoms with Crippen LogP contribution in [0.4, 0.5) is 13.2 Å². The Morgan fingerprint density at radius 1 is 1.12 bits per heavy atom. The zero-order valence-electron chi connectivity index (χ0n) is 17.7. The number of sulfone groups is 1. The zero-order chi connectivity index (χ0) is 23.8. The highest BCUT2D eigenvalue weighted by Gasteiger charge is 2.36. The van der Waals surface area contributed by atoms with Crippen LogP contribution in [0.1, 0.15) is 40.9 Å². The Morgan fingerprint density at radius 3 is 2.42 bits per heavy atom. The van der Waals surface area contributed by atoms with E-state index in [1.165, 1.54) is 24.3 Å². The van der Waals surface area contributed by atoms with Gasteiger partial charge in [0.2, 0.25) is 5.89 Å². The Kier molecular flexibility index (Phi) is 6.30. The summed E-state index contributed by atoms with van der Waals surface area (Å²) in [5.41, 5.74) is 0.827. The van der Waals surface area contributed by atoms with Crippen LogP contribution < -0.4 is 0 Å². The first-order chi connectivity index (χ1) is 15.5. The van der Waals surface area contributed by atoms with E-state index in [0.29, 0.717) is 5.56 Å². The number of aromatic nitrogens is 2. The second-order valence-electron chi connectivity index (χ2n) is 8.15. The lowest BCUT2D eigenvalue weighted by atomic mass is 10.1. The number of nitrogens with zero attached hydrogens (tertiary/aromatic N) is 3. The third-order valence-electron chi connectivity index (χ3n) is 5.52. The highest BCUT2D eigenvalue weighted by molar-refractivity contribution is 7.90. The van der Waals surface area contributed by atoms with E-state index in [1.54, 1.807) is 12.1 Å². The van der Waals surface area contributed by atoms with Crippen molar-refractivity contribution in [3.8, 4) is 0 Å². The second kappa shape index (κ2) is 8.88. The number of benzene rings is 2. The zero-order valence-corrected chi connectivity index (χ0v) is 18.5. The molecular formula is C22H22F3N3O4S. The first kappa shape index (κ1) is 23.4. The largest absolute Gasteiger partial charge is 0.416 e. The molecule has 0 aliphatic carbocycles. The molecule has 0 unspecified atom stereocenters. The molecule has 0 radical (unpaired) electrons. The molecule has 4 rings (SSSR count). The molecule has 1 aliphatic heterocycles.